The third-order valence-electron chi connectivity index (χ3n) is 3.93. The zero-order chi connectivity index (χ0) is 16.2. The van der Waals surface area contributed by atoms with Gasteiger partial charge < -0.3 is 18.9 Å². The van der Waals surface area contributed by atoms with E-state index in [1.54, 1.807) is 27.9 Å². The number of allylic oxidation sites excluding steroid dienone is 2. The lowest BCUT2D eigenvalue weighted by atomic mass is 9.91. The van der Waals surface area contributed by atoms with Gasteiger partial charge >= 0.3 is 5.97 Å². The van der Waals surface area contributed by atoms with Crippen molar-refractivity contribution in [1.29, 1.82) is 0 Å². The first kappa shape index (κ1) is 17.0. The maximum absolute atomic E-state index is 12.2. The fourth-order valence-corrected chi connectivity index (χ4v) is 2.89. The van der Waals surface area contributed by atoms with Gasteiger partial charge in [0.25, 0.3) is 0 Å². The molecule has 0 spiro atoms. The van der Waals surface area contributed by atoms with Gasteiger partial charge in [-0.2, -0.15) is 0 Å². The van der Waals surface area contributed by atoms with E-state index in [1.807, 2.05) is 0 Å². The summed E-state index contributed by atoms with van der Waals surface area (Å²) in [6, 6.07) is 0. The van der Waals surface area contributed by atoms with E-state index < -0.39 is 5.79 Å². The Morgan fingerprint density at radius 2 is 2.09 bits per heavy atom. The summed E-state index contributed by atoms with van der Waals surface area (Å²) in [5, 5.41) is 0. The lowest BCUT2D eigenvalue weighted by Gasteiger charge is -2.33. The Morgan fingerprint density at radius 3 is 2.68 bits per heavy atom. The topological polar surface area (TPSA) is 54.0 Å². The molecule has 0 saturated carbocycles. The van der Waals surface area contributed by atoms with Crippen LogP contribution >= 0.6 is 0 Å². The molecule has 124 valence electrons. The van der Waals surface area contributed by atoms with Crippen LogP contribution in [0.4, 0.5) is 0 Å². The van der Waals surface area contributed by atoms with Crippen molar-refractivity contribution in [3.05, 3.63) is 23.0 Å². The van der Waals surface area contributed by atoms with Crippen LogP contribution in [0.25, 0.3) is 0 Å². The summed E-state index contributed by atoms with van der Waals surface area (Å²) in [6.45, 7) is 5.47. The Bertz CT molecular complexity index is 475. The summed E-state index contributed by atoms with van der Waals surface area (Å²) in [6.07, 6.45) is 6.94. The molecule has 5 nitrogen and oxygen atoms in total. The number of rotatable bonds is 6. The monoisotopic (exact) mass is 310 g/mol. The fraction of sp³-hybridized carbons (Fsp3) is 0.706. The van der Waals surface area contributed by atoms with Gasteiger partial charge in [0.15, 0.2) is 0 Å². The minimum absolute atomic E-state index is 0.164. The lowest BCUT2D eigenvalue weighted by Crippen LogP contribution is -2.37. The number of esters is 1. The second-order valence-corrected chi connectivity index (χ2v) is 6.22. The van der Waals surface area contributed by atoms with E-state index >= 15 is 0 Å². The number of hydrogen-bond donors (Lipinski definition) is 0. The summed E-state index contributed by atoms with van der Waals surface area (Å²) in [5.41, 5.74) is 1.79. The molecular formula is C17H26O5. The van der Waals surface area contributed by atoms with Crippen LogP contribution in [-0.2, 0) is 23.7 Å². The van der Waals surface area contributed by atoms with E-state index in [4.69, 9.17) is 18.9 Å². The minimum atomic E-state index is -0.905. The Hall–Kier alpha value is -1.33. The molecule has 0 aromatic rings. The van der Waals surface area contributed by atoms with Gasteiger partial charge in [-0.25, -0.2) is 4.79 Å². The van der Waals surface area contributed by atoms with Gasteiger partial charge in [0.05, 0.1) is 11.7 Å². The third-order valence-corrected chi connectivity index (χ3v) is 3.93. The summed E-state index contributed by atoms with van der Waals surface area (Å²) in [5.74, 6) is -0.614. The lowest BCUT2D eigenvalue weighted by molar-refractivity contribution is -0.208. The van der Waals surface area contributed by atoms with E-state index in [2.05, 4.69) is 6.08 Å². The maximum Gasteiger partial charge on any atom is 0.340 e. The smallest absolute Gasteiger partial charge is 0.340 e. The molecule has 1 heterocycles. The quantitative estimate of drug-likeness (QED) is 0.427. The number of methoxy groups -OCH3 is 1. The van der Waals surface area contributed by atoms with Crippen molar-refractivity contribution in [2.45, 2.75) is 64.8 Å². The van der Waals surface area contributed by atoms with Crippen molar-refractivity contribution in [1.82, 2.24) is 0 Å². The summed E-state index contributed by atoms with van der Waals surface area (Å²) < 4.78 is 21.8. The fourth-order valence-electron chi connectivity index (χ4n) is 2.89. The Kier molecular flexibility index (Phi) is 5.64. The van der Waals surface area contributed by atoms with Gasteiger partial charge in [0.2, 0.25) is 5.79 Å². The second-order valence-electron chi connectivity index (χ2n) is 6.22. The average Bonchev–Trinajstić information content (AvgIpc) is 2.45. The number of carbonyl (C=O) groups excluding carboxylic acids is 1. The first-order valence-corrected chi connectivity index (χ1v) is 7.84. The number of carbonyl (C=O) groups is 1. The van der Waals surface area contributed by atoms with Crippen LogP contribution in [0.2, 0.25) is 0 Å². The molecular weight excluding hydrogens is 284 g/mol. The zero-order valence-corrected chi connectivity index (χ0v) is 13.9. The summed E-state index contributed by atoms with van der Waals surface area (Å²) in [4.78, 5) is 12.2. The van der Waals surface area contributed by atoms with Gasteiger partial charge in [0.1, 0.15) is 12.6 Å². The zero-order valence-electron chi connectivity index (χ0n) is 13.9. The van der Waals surface area contributed by atoms with Crippen molar-refractivity contribution >= 4 is 5.97 Å². The third kappa shape index (κ3) is 4.34. The normalized spacial score (nSPS) is 22.7. The molecule has 1 unspecified atom stereocenters. The molecule has 0 amide bonds. The summed E-state index contributed by atoms with van der Waals surface area (Å²) >= 11 is 0. The predicted octanol–water partition coefficient (Wildman–Crippen LogP) is 3.45. The van der Waals surface area contributed by atoms with Gasteiger partial charge in [-0.05, 0) is 38.2 Å². The highest BCUT2D eigenvalue weighted by Gasteiger charge is 2.35. The van der Waals surface area contributed by atoms with E-state index in [0.717, 1.165) is 19.3 Å². The number of ether oxygens (including phenoxy) is 4. The molecule has 0 N–H and O–H groups in total. The highest BCUT2D eigenvalue weighted by molar-refractivity contribution is 5.90. The largest absolute Gasteiger partial charge is 0.457 e. The molecule has 0 radical (unpaired) electrons. The number of hydrogen-bond acceptors (Lipinski definition) is 5. The summed E-state index contributed by atoms with van der Waals surface area (Å²) in [7, 11) is 1.59. The van der Waals surface area contributed by atoms with Crippen LogP contribution in [-0.4, -0.2) is 31.8 Å². The predicted molar refractivity (Wildman–Crippen MR) is 81.9 cm³/mol. The van der Waals surface area contributed by atoms with E-state index in [-0.39, 0.29) is 18.9 Å². The molecule has 2 rings (SSSR count). The van der Waals surface area contributed by atoms with Crippen LogP contribution in [0.1, 0.15) is 52.9 Å². The van der Waals surface area contributed by atoms with Crippen molar-refractivity contribution in [3.8, 4) is 0 Å². The van der Waals surface area contributed by atoms with Crippen molar-refractivity contribution in [2.24, 2.45) is 0 Å². The van der Waals surface area contributed by atoms with Crippen LogP contribution < -0.4 is 0 Å². The van der Waals surface area contributed by atoms with Gasteiger partial charge in [-0.1, -0.05) is 6.08 Å². The highest BCUT2D eigenvalue weighted by Crippen LogP contribution is 2.32. The number of cyclic esters (lactones) is 1. The molecule has 0 aromatic heterocycles. The van der Waals surface area contributed by atoms with E-state index in [0.29, 0.717) is 17.8 Å². The van der Waals surface area contributed by atoms with E-state index in [1.165, 1.54) is 12.0 Å². The molecule has 1 aliphatic heterocycles. The Labute approximate surface area is 132 Å². The van der Waals surface area contributed by atoms with Gasteiger partial charge in [-0.3, -0.25) is 0 Å². The van der Waals surface area contributed by atoms with Crippen molar-refractivity contribution in [2.75, 3.05) is 13.9 Å². The molecule has 0 fully saturated rings. The Balaban J connectivity index is 2.15. The average molecular weight is 310 g/mol. The van der Waals surface area contributed by atoms with Crippen molar-refractivity contribution < 1.29 is 23.7 Å². The van der Waals surface area contributed by atoms with Crippen molar-refractivity contribution in [3.63, 3.8) is 0 Å². The Morgan fingerprint density at radius 1 is 1.32 bits per heavy atom. The first-order valence-electron chi connectivity index (χ1n) is 7.84. The van der Waals surface area contributed by atoms with Crippen LogP contribution in [0.5, 0.6) is 0 Å². The molecule has 2 aliphatic rings. The van der Waals surface area contributed by atoms with Crippen LogP contribution in [0, 0.1) is 0 Å². The second kappa shape index (κ2) is 7.29. The highest BCUT2D eigenvalue weighted by atomic mass is 16.7. The molecule has 1 aliphatic carbocycles. The molecule has 5 heteroatoms. The first-order chi connectivity index (χ1) is 10.4. The minimum Gasteiger partial charge on any atom is -0.457 e. The molecule has 1 atom stereocenters. The van der Waals surface area contributed by atoms with Crippen LogP contribution in [0.15, 0.2) is 23.0 Å². The van der Waals surface area contributed by atoms with Crippen LogP contribution in [0.3, 0.4) is 0 Å². The molecule has 22 heavy (non-hydrogen) atoms. The molecule has 0 saturated heterocycles. The van der Waals surface area contributed by atoms with Gasteiger partial charge in [-0.15, -0.1) is 0 Å². The standard InChI is InChI=1S/C17H26O5/c1-12-14(16(18)22-17(2,3)21-12)10-15(20-11-19-4)13-8-6-5-7-9-13/h8,15H,5-7,9-11H2,1-4H3. The molecule has 0 aromatic carbocycles. The SMILES string of the molecule is COCOC(CC1=C(C)OC(C)(C)OC1=O)C1=CCCCC1. The van der Waals surface area contributed by atoms with Gasteiger partial charge in [0, 0.05) is 27.4 Å². The molecule has 0 bridgehead atoms. The van der Waals surface area contributed by atoms with E-state index in [9.17, 15) is 4.79 Å². The maximum atomic E-state index is 12.2.